The van der Waals surface area contributed by atoms with Gasteiger partial charge in [-0.25, -0.2) is 0 Å². The molecule has 0 fully saturated rings. The molecule has 0 heterocycles. The number of nitrogens with two attached hydrogens (primary N) is 1. The summed E-state index contributed by atoms with van der Waals surface area (Å²) < 4.78 is 11.5. The Morgan fingerprint density at radius 3 is 2.29 bits per heavy atom. The van der Waals surface area contributed by atoms with Crippen molar-refractivity contribution < 1.29 is 14.3 Å². The lowest BCUT2D eigenvalue weighted by Crippen LogP contribution is -2.19. The number of hydrogen-bond donors (Lipinski definition) is 3. The minimum absolute atomic E-state index is 0.412. The smallest absolute Gasteiger partial charge is 0.248 e. The van der Waals surface area contributed by atoms with Crippen molar-refractivity contribution in [2.24, 2.45) is 5.73 Å². The Bertz CT molecular complexity index is 1130. The highest BCUT2D eigenvalue weighted by Crippen LogP contribution is 2.36. The molecule has 6 nitrogen and oxygen atoms in total. The van der Waals surface area contributed by atoms with Crippen LogP contribution in [0.1, 0.15) is 15.9 Å². The van der Waals surface area contributed by atoms with Gasteiger partial charge in [-0.3, -0.25) is 4.79 Å². The summed E-state index contributed by atoms with van der Waals surface area (Å²) in [5, 5.41) is 6.70. The maximum absolute atomic E-state index is 11.6. The second kappa shape index (κ2) is 9.80. The molecule has 3 aromatic rings. The van der Waals surface area contributed by atoms with Crippen LogP contribution in [0.25, 0.3) is 11.1 Å². The highest BCUT2D eigenvalue weighted by molar-refractivity contribution is 9.10. The van der Waals surface area contributed by atoms with E-state index in [2.05, 4.69) is 26.6 Å². The zero-order valence-electron chi connectivity index (χ0n) is 17.3. The van der Waals surface area contributed by atoms with E-state index < -0.39 is 5.91 Å². The van der Waals surface area contributed by atoms with Crippen LogP contribution in [0.15, 0.2) is 59.1 Å². The fraction of sp³-hybridized carbons (Fsp3) is 0.130. The summed E-state index contributed by atoms with van der Waals surface area (Å²) in [4.78, 5) is 11.6. The van der Waals surface area contributed by atoms with Gasteiger partial charge in [-0.15, -0.1) is 0 Å². The van der Waals surface area contributed by atoms with Crippen LogP contribution in [0.5, 0.6) is 11.5 Å². The number of methoxy groups -OCH3 is 2. The maximum atomic E-state index is 11.6. The Balaban J connectivity index is 1.75. The summed E-state index contributed by atoms with van der Waals surface area (Å²) in [6.07, 6.45) is 0. The second-order valence-electron chi connectivity index (χ2n) is 6.69. The summed E-state index contributed by atoms with van der Waals surface area (Å²) in [6.45, 7) is 1.89. The van der Waals surface area contributed by atoms with Gasteiger partial charge >= 0.3 is 0 Å². The zero-order valence-corrected chi connectivity index (χ0v) is 19.7. The first-order chi connectivity index (χ1) is 14.8. The fourth-order valence-corrected chi connectivity index (χ4v) is 3.92. The van der Waals surface area contributed by atoms with Gasteiger partial charge in [-0.2, -0.15) is 0 Å². The number of benzene rings is 3. The van der Waals surface area contributed by atoms with Crippen molar-refractivity contribution in [3.63, 3.8) is 0 Å². The predicted octanol–water partition coefficient (Wildman–Crippen LogP) is 5.35. The lowest BCUT2D eigenvalue weighted by Gasteiger charge is -2.16. The van der Waals surface area contributed by atoms with Crippen molar-refractivity contribution in [3.05, 3.63) is 70.2 Å². The lowest BCUT2D eigenvalue weighted by atomic mass is 9.96. The van der Waals surface area contributed by atoms with Gasteiger partial charge in [-0.05, 0) is 76.0 Å². The predicted molar refractivity (Wildman–Crippen MR) is 132 cm³/mol. The van der Waals surface area contributed by atoms with Gasteiger partial charge in [0.1, 0.15) is 11.5 Å². The summed E-state index contributed by atoms with van der Waals surface area (Å²) in [6, 6.07) is 16.9. The molecule has 0 aliphatic heterocycles. The van der Waals surface area contributed by atoms with Gasteiger partial charge in [0.05, 0.1) is 24.4 Å². The number of carbonyl (C=O) groups excluding carboxylic acids is 1. The number of amides is 1. The maximum Gasteiger partial charge on any atom is 0.248 e. The number of hydrogen-bond acceptors (Lipinski definition) is 4. The quantitative estimate of drug-likeness (QED) is 0.396. The molecule has 3 aromatic carbocycles. The normalized spacial score (nSPS) is 10.3. The molecule has 0 aliphatic carbocycles. The first-order valence-electron chi connectivity index (χ1n) is 9.33. The van der Waals surface area contributed by atoms with E-state index in [1.807, 2.05) is 49.4 Å². The number of rotatable bonds is 6. The van der Waals surface area contributed by atoms with Crippen molar-refractivity contribution in [1.29, 1.82) is 0 Å². The van der Waals surface area contributed by atoms with Crippen molar-refractivity contribution in [2.45, 2.75) is 6.92 Å². The van der Waals surface area contributed by atoms with Gasteiger partial charge < -0.3 is 25.8 Å². The molecule has 3 rings (SSSR count). The summed E-state index contributed by atoms with van der Waals surface area (Å²) in [7, 11) is 3.17. The molecule has 0 saturated carbocycles. The Morgan fingerprint density at radius 2 is 1.68 bits per heavy atom. The molecule has 0 aliphatic rings. The molecule has 0 radical (unpaired) electrons. The van der Waals surface area contributed by atoms with Gasteiger partial charge in [-0.1, -0.05) is 24.3 Å². The summed E-state index contributed by atoms with van der Waals surface area (Å²) >= 11 is 8.91. The molecule has 0 unspecified atom stereocenters. The number of carbonyl (C=O) groups is 1. The van der Waals surface area contributed by atoms with Crippen molar-refractivity contribution in [1.82, 2.24) is 0 Å². The fourth-order valence-electron chi connectivity index (χ4n) is 3.19. The van der Waals surface area contributed by atoms with Crippen LogP contribution in [-0.2, 0) is 0 Å². The number of anilines is 2. The Labute approximate surface area is 194 Å². The van der Waals surface area contributed by atoms with E-state index in [-0.39, 0.29) is 0 Å². The molecule has 0 spiro atoms. The third kappa shape index (κ3) is 5.15. The molecular weight excluding hydrogens is 478 g/mol. The minimum Gasteiger partial charge on any atom is -0.495 e. The van der Waals surface area contributed by atoms with Crippen LogP contribution in [0.4, 0.5) is 11.4 Å². The van der Waals surface area contributed by atoms with E-state index in [1.165, 1.54) is 0 Å². The van der Waals surface area contributed by atoms with Crippen LogP contribution in [0.3, 0.4) is 0 Å². The molecular formula is C23H22BrN3O3S. The van der Waals surface area contributed by atoms with E-state index in [0.29, 0.717) is 27.9 Å². The van der Waals surface area contributed by atoms with Gasteiger partial charge in [0, 0.05) is 17.3 Å². The Hall–Kier alpha value is -3.10. The van der Waals surface area contributed by atoms with Crippen LogP contribution >= 0.6 is 28.1 Å². The molecule has 0 aromatic heterocycles. The molecule has 0 saturated heterocycles. The lowest BCUT2D eigenvalue weighted by molar-refractivity contribution is 0.0999. The van der Waals surface area contributed by atoms with Crippen LogP contribution in [0, 0.1) is 6.92 Å². The molecule has 0 bridgehead atoms. The van der Waals surface area contributed by atoms with Crippen molar-refractivity contribution >= 4 is 50.5 Å². The molecule has 4 N–H and O–H groups in total. The SMILES string of the molecule is COc1cc(OC)c(NC(=S)Nc2ccc(-c3cccc(C(N)=O)c3C)cc2)cc1Br. The highest BCUT2D eigenvalue weighted by Gasteiger charge is 2.12. The van der Waals surface area contributed by atoms with Crippen LogP contribution in [-0.4, -0.2) is 25.2 Å². The van der Waals surface area contributed by atoms with E-state index in [1.54, 1.807) is 26.4 Å². The van der Waals surface area contributed by atoms with Gasteiger partial charge in [0.2, 0.25) is 5.91 Å². The Kier molecular flexibility index (Phi) is 7.14. The van der Waals surface area contributed by atoms with E-state index >= 15 is 0 Å². The second-order valence-corrected chi connectivity index (χ2v) is 7.95. The number of ether oxygens (including phenoxy) is 2. The van der Waals surface area contributed by atoms with E-state index in [9.17, 15) is 4.79 Å². The molecule has 31 heavy (non-hydrogen) atoms. The van der Waals surface area contributed by atoms with Crippen molar-refractivity contribution in [2.75, 3.05) is 24.9 Å². The van der Waals surface area contributed by atoms with Gasteiger partial charge in [0.25, 0.3) is 0 Å². The Morgan fingerprint density at radius 1 is 1.00 bits per heavy atom. The number of primary amides is 1. The molecule has 0 atom stereocenters. The van der Waals surface area contributed by atoms with Crippen LogP contribution < -0.4 is 25.8 Å². The number of thiocarbonyl (C=S) groups is 1. The molecule has 1 amide bonds. The monoisotopic (exact) mass is 499 g/mol. The number of nitrogens with one attached hydrogen (secondary N) is 2. The van der Waals surface area contributed by atoms with E-state index in [0.717, 1.165) is 26.9 Å². The highest BCUT2D eigenvalue weighted by atomic mass is 79.9. The summed E-state index contributed by atoms with van der Waals surface area (Å²) in [5.74, 6) is 0.826. The first kappa shape index (κ1) is 22.6. The number of halogens is 1. The standard InChI is InChI=1S/C23H22BrN3O3S/c1-13-16(5-4-6-17(13)22(25)28)14-7-9-15(10-8-14)26-23(31)27-19-11-18(24)20(29-2)12-21(19)30-3/h4-12H,1-3H3,(H2,25,28)(H2,26,27,31). The third-order valence-electron chi connectivity index (χ3n) is 4.78. The molecule has 160 valence electrons. The zero-order chi connectivity index (χ0) is 22.5. The average molecular weight is 500 g/mol. The topological polar surface area (TPSA) is 85.6 Å². The van der Waals surface area contributed by atoms with Gasteiger partial charge in [0.15, 0.2) is 5.11 Å². The third-order valence-corrected chi connectivity index (χ3v) is 5.60. The summed E-state index contributed by atoms with van der Waals surface area (Å²) in [5.41, 5.74) is 10.3. The first-order valence-corrected chi connectivity index (χ1v) is 10.5. The largest absolute Gasteiger partial charge is 0.495 e. The van der Waals surface area contributed by atoms with Crippen molar-refractivity contribution in [3.8, 4) is 22.6 Å². The van der Waals surface area contributed by atoms with E-state index in [4.69, 9.17) is 27.4 Å². The van der Waals surface area contributed by atoms with Crippen LogP contribution in [0.2, 0.25) is 0 Å². The molecule has 8 heteroatoms. The average Bonchev–Trinajstić information content (AvgIpc) is 2.74. The minimum atomic E-state index is -0.436.